The van der Waals surface area contributed by atoms with Crippen molar-refractivity contribution in [3.8, 4) is 0 Å². The molecule has 7 heteroatoms. The number of aromatic amines is 1. The van der Waals surface area contributed by atoms with Gasteiger partial charge in [-0.25, -0.2) is 9.59 Å². The Balaban J connectivity index is 1.79. The van der Waals surface area contributed by atoms with Crippen molar-refractivity contribution in [3.63, 3.8) is 0 Å². The van der Waals surface area contributed by atoms with Crippen molar-refractivity contribution in [2.24, 2.45) is 0 Å². The van der Waals surface area contributed by atoms with Crippen LogP contribution in [-0.2, 0) is 20.7 Å². The topological polar surface area (TPSA) is 97.5 Å². The third kappa shape index (κ3) is 5.70. The van der Waals surface area contributed by atoms with Gasteiger partial charge in [0.2, 0.25) is 0 Å². The molecule has 0 aliphatic heterocycles. The van der Waals surface area contributed by atoms with E-state index in [1.807, 2.05) is 30.3 Å². The van der Waals surface area contributed by atoms with Crippen LogP contribution >= 0.6 is 0 Å². The van der Waals surface area contributed by atoms with Crippen LogP contribution in [0.15, 0.2) is 30.3 Å². The first kappa shape index (κ1) is 21.2. The quantitative estimate of drug-likeness (QED) is 0.510. The fraction of sp³-hybridized carbons (Fsp3) is 0.381. The van der Waals surface area contributed by atoms with E-state index in [0.717, 1.165) is 12.8 Å². The van der Waals surface area contributed by atoms with Crippen LogP contribution in [-0.4, -0.2) is 42.6 Å². The van der Waals surface area contributed by atoms with Gasteiger partial charge in [0.05, 0.1) is 12.2 Å². The predicted octanol–water partition coefficient (Wildman–Crippen LogP) is 2.71. The van der Waals surface area contributed by atoms with Gasteiger partial charge in [-0.05, 0) is 44.7 Å². The molecule has 150 valence electrons. The number of aromatic nitrogens is 1. The minimum Gasteiger partial charge on any atom is -0.462 e. The molecule has 0 fully saturated rings. The van der Waals surface area contributed by atoms with Crippen LogP contribution in [0.25, 0.3) is 0 Å². The number of ether oxygens (including phenoxy) is 2. The number of amides is 1. The second kappa shape index (κ2) is 10.3. The van der Waals surface area contributed by atoms with E-state index in [4.69, 9.17) is 9.47 Å². The van der Waals surface area contributed by atoms with E-state index in [1.54, 1.807) is 20.8 Å². The first-order valence-electron chi connectivity index (χ1n) is 9.28. The van der Waals surface area contributed by atoms with Gasteiger partial charge in [-0.15, -0.1) is 0 Å². The normalized spacial score (nSPS) is 10.4. The summed E-state index contributed by atoms with van der Waals surface area (Å²) in [6.07, 6.45) is 1.65. The number of hydrogen-bond acceptors (Lipinski definition) is 5. The summed E-state index contributed by atoms with van der Waals surface area (Å²) in [4.78, 5) is 38.9. The van der Waals surface area contributed by atoms with E-state index in [2.05, 4.69) is 10.3 Å². The average Bonchev–Trinajstić information content (AvgIpc) is 2.98. The summed E-state index contributed by atoms with van der Waals surface area (Å²) in [6.45, 7) is 5.39. The van der Waals surface area contributed by atoms with Crippen LogP contribution in [0.5, 0.6) is 0 Å². The molecule has 1 aromatic carbocycles. The minimum atomic E-state index is -0.685. The monoisotopic (exact) mass is 386 g/mol. The number of benzene rings is 1. The molecule has 2 rings (SSSR count). The van der Waals surface area contributed by atoms with Crippen molar-refractivity contribution in [2.75, 3.05) is 19.8 Å². The molecule has 7 nitrogen and oxygen atoms in total. The highest BCUT2D eigenvalue weighted by atomic mass is 16.5. The van der Waals surface area contributed by atoms with Crippen LogP contribution < -0.4 is 5.32 Å². The van der Waals surface area contributed by atoms with Gasteiger partial charge in [-0.1, -0.05) is 30.3 Å². The third-order valence-corrected chi connectivity index (χ3v) is 4.26. The zero-order valence-corrected chi connectivity index (χ0v) is 16.5. The zero-order chi connectivity index (χ0) is 20.5. The van der Waals surface area contributed by atoms with Gasteiger partial charge in [0.25, 0.3) is 5.91 Å². The Morgan fingerprint density at radius 1 is 1.04 bits per heavy atom. The van der Waals surface area contributed by atoms with Crippen molar-refractivity contribution in [1.29, 1.82) is 0 Å². The van der Waals surface area contributed by atoms with Crippen LogP contribution in [0.1, 0.15) is 51.0 Å². The largest absolute Gasteiger partial charge is 0.462 e. The molecule has 0 saturated heterocycles. The van der Waals surface area contributed by atoms with Gasteiger partial charge in [0, 0.05) is 12.2 Å². The highest BCUT2D eigenvalue weighted by Crippen LogP contribution is 2.19. The standard InChI is InChI=1S/C21H26N2O5/c1-4-27-20(25)18-14(2)19(23-15(18)3)21(26)28-13-17(24)22-12-8-11-16-9-6-5-7-10-16/h5-7,9-10,23H,4,8,11-13H2,1-3H3,(H,22,24). The van der Waals surface area contributed by atoms with Gasteiger partial charge in [0.1, 0.15) is 5.69 Å². The lowest BCUT2D eigenvalue weighted by Gasteiger charge is -2.07. The fourth-order valence-corrected chi connectivity index (χ4v) is 2.88. The summed E-state index contributed by atoms with van der Waals surface area (Å²) >= 11 is 0. The van der Waals surface area contributed by atoms with Gasteiger partial charge in [0.15, 0.2) is 6.61 Å². The third-order valence-electron chi connectivity index (χ3n) is 4.26. The molecule has 0 spiro atoms. The molecule has 0 atom stereocenters. The van der Waals surface area contributed by atoms with E-state index < -0.39 is 11.9 Å². The van der Waals surface area contributed by atoms with E-state index in [9.17, 15) is 14.4 Å². The van der Waals surface area contributed by atoms with E-state index in [1.165, 1.54) is 5.56 Å². The molecule has 1 aromatic heterocycles. The number of nitrogens with one attached hydrogen (secondary N) is 2. The first-order chi connectivity index (χ1) is 13.4. The SMILES string of the molecule is CCOC(=O)c1c(C)[nH]c(C(=O)OCC(=O)NCCCc2ccccc2)c1C. The van der Waals surface area contributed by atoms with Crippen molar-refractivity contribution >= 4 is 17.8 Å². The Hall–Kier alpha value is -3.09. The Bertz CT molecular complexity index is 827. The number of aryl methyl sites for hydroxylation is 2. The molecule has 0 bridgehead atoms. The molecular weight excluding hydrogens is 360 g/mol. The number of hydrogen-bond donors (Lipinski definition) is 2. The molecule has 28 heavy (non-hydrogen) atoms. The Morgan fingerprint density at radius 3 is 2.43 bits per heavy atom. The van der Waals surface area contributed by atoms with Gasteiger partial charge >= 0.3 is 11.9 Å². The lowest BCUT2D eigenvalue weighted by Crippen LogP contribution is -2.30. The average molecular weight is 386 g/mol. The maximum absolute atomic E-state index is 12.2. The smallest absolute Gasteiger partial charge is 0.355 e. The molecular formula is C21H26N2O5. The summed E-state index contributed by atoms with van der Waals surface area (Å²) in [5.41, 5.74) is 2.65. The zero-order valence-electron chi connectivity index (χ0n) is 16.5. The number of rotatable bonds is 9. The highest BCUT2D eigenvalue weighted by Gasteiger charge is 2.24. The number of H-pyrrole nitrogens is 1. The van der Waals surface area contributed by atoms with Crippen molar-refractivity contribution < 1.29 is 23.9 Å². The summed E-state index contributed by atoms with van der Waals surface area (Å²) < 4.78 is 10.1. The minimum absolute atomic E-state index is 0.150. The van der Waals surface area contributed by atoms with Crippen LogP contribution in [0.2, 0.25) is 0 Å². The molecule has 1 amide bonds. The summed E-state index contributed by atoms with van der Waals surface area (Å²) in [6, 6.07) is 9.99. The van der Waals surface area contributed by atoms with E-state index in [-0.39, 0.29) is 24.8 Å². The molecule has 2 N–H and O–H groups in total. The summed E-state index contributed by atoms with van der Waals surface area (Å²) in [7, 11) is 0. The number of carbonyl (C=O) groups excluding carboxylic acids is 3. The highest BCUT2D eigenvalue weighted by molar-refractivity contribution is 5.99. The Kier molecular flexibility index (Phi) is 7.80. The molecule has 0 aliphatic rings. The molecule has 0 radical (unpaired) electrons. The molecule has 1 heterocycles. The summed E-state index contributed by atoms with van der Waals surface area (Å²) in [5, 5.41) is 2.73. The second-order valence-electron chi connectivity index (χ2n) is 6.36. The predicted molar refractivity (Wildman–Crippen MR) is 104 cm³/mol. The van der Waals surface area contributed by atoms with Gasteiger partial charge in [-0.2, -0.15) is 0 Å². The van der Waals surface area contributed by atoms with Crippen molar-refractivity contribution in [3.05, 3.63) is 58.4 Å². The van der Waals surface area contributed by atoms with Crippen molar-refractivity contribution in [2.45, 2.75) is 33.6 Å². The van der Waals surface area contributed by atoms with Gasteiger partial charge in [-0.3, -0.25) is 4.79 Å². The number of carbonyl (C=O) groups is 3. The van der Waals surface area contributed by atoms with Crippen LogP contribution in [0.4, 0.5) is 0 Å². The maximum Gasteiger partial charge on any atom is 0.355 e. The first-order valence-corrected chi connectivity index (χ1v) is 9.28. The van der Waals surface area contributed by atoms with E-state index in [0.29, 0.717) is 23.4 Å². The molecule has 0 aliphatic carbocycles. The number of esters is 2. The molecule has 0 unspecified atom stereocenters. The second-order valence-corrected chi connectivity index (χ2v) is 6.36. The van der Waals surface area contributed by atoms with Crippen LogP contribution in [0, 0.1) is 13.8 Å². The Morgan fingerprint density at radius 2 is 1.75 bits per heavy atom. The van der Waals surface area contributed by atoms with Gasteiger partial charge < -0.3 is 19.8 Å². The lowest BCUT2D eigenvalue weighted by atomic mass is 10.1. The van der Waals surface area contributed by atoms with E-state index >= 15 is 0 Å². The fourth-order valence-electron chi connectivity index (χ4n) is 2.88. The maximum atomic E-state index is 12.2. The van der Waals surface area contributed by atoms with Crippen molar-refractivity contribution in [1.82, 2.24) is 10.3 Å². The van der Waals surface area contributed by atoms with Crippen LogP contribution in [0.3, 0.4) is 0 Å². The summed E-state index contributed by atoms with van der Waals surface area (Å²) in [5.74, 6) is -1.55. The Labute approximate surface area is 164 Å². The molecule has 2 aromatic rings. The molecule has 0 saturated carbocycles. The lowest BCUT2D eigenvalue weighted by molar-refractivity contribution is -0.124.